The van der Waals surface area contributed by atoms with Crippen molar-refractivity contribution in [1.29, 1.82) is 0 Å². The Morgan fingerprint density at radius 3 is 1.92 bits per heavy atom. The highest BCUT2D eigenvalue weighted by molar-refractivity contribution is 8.76. The fraction of sp³-hybridized carbons (Fsp3) is 0.562. The Kier molecular flexibility index (Phi) is 23.1. The summed E-state index contributed by atoms with van der Waals surface area (Å²) in [7, 11) is 6.77. The van der Waals surface area contributed by atoms with Crippen LogP contribution in [0.25, 0.3) is 0 Å². The largest absolute Gasteiger partial charge is 0.497 e. The lowest BCUT2D eigenvalue weighted by Gasteiger charge is -2.38. The Bertz CT molecular complexity index is 1530. The maximum atomic E-state index is 13.6. The van der Waals surface area contributed by atoms with E-state index in [1.807, 2.05) is 71.6 Å². The first kappa shape index (κ1) is 48.3. The molecule has 3 aromatic rings. The van der Waals surface area contributed by atoms with Gasteiger partial charge in [-0.15, -0.1) is 0 Å². The summed E-state index contributed by atoms with van der Waals surface area (Å²) in [5.41, 5.74) is 7.33. The minimum Gasteiger partial charge on any atom is -0.497 e. The number of carbonyl (C=O) groups is 2. The van der Waals surface area contributed by atoms with E-state index in [2.05, 4.69) is 23.9 Å². The average Bonchev–Trinajstić information content (AvgIpc) is 3.65. The molecule has 1 fully saturated rings. The number of nitrogens with two attached hydrogens (primary N) is 1. The Morgan fingerprint density at radius 1 is 0.746 bits per heavy atom. The summed E-state index contributed by atoms with van der Waals surface area (Å²) in [4.78, 5) is 27.7. The van der Waals surface area contributed by atoms with Crippen molar-refractivity contribution >= 4 is 33.4 Å². The molecule has 0 bridgehead atoms. The molecule has 0 unspecified atom stereocenters. The second kappa shape index (κ2) is 28.2. The third kappa shape index (κ3) is 16.6. The smallest absolute Gasteiger partial charge is 0.223 e. The first-order chi connectivity index (χ1) is 28.9. The van der Waals surface area contributed by atoms with Crippen LogP contribution in [0.5, 0.6) is 11.5 Å². The van der Waals surface area contributed by atoms with Crippen molar-refractivity contribution in [3.05, 3.63) is 102 Å². The van der Waals surface area contributed by atoms with Crippen molar-refractivity contribution in [1.82, 2.24) is 10.2 Å². The standard InChI is InChI=1S/C48H69N3O6S2/c1-55-44-28-24-40(25-29-44)48(39-20-15-14-16-21-39,41-26-30-45(56-2)31-27-41)57-38-42-36-43(52)37-51(42)47(54)23-19-34-58-59-35-33-50-46(53)22-17-12-10-8-6-4-3-5-7-9-11-13-18-32-49/h3,14-16,20-21,24-31,42-43,52H,4-13,17-19,22-23,32-38,49H2,1-2H3/p+1/t42-,43+/m0/s1. The van der Waals surface area contributed by atoms with Gasteiger partial charge in [-0.3, -0.25) is 9.59 Å². The van der Waals surface area contributed by atoms with Crippen molar-refractivity contribution in [2.45, 2.75) is 120 Å². The summed E-state index contributed by atoms with van der Waals surface area (Å²) in [5, 5.41) is 13.8. The Hall–Kier alpha value is -3.35. The number of aliphatic hydroxyl groups excluding tert-OH is 1. The van der Waals surface area contributed by atoms with Crippen molar-refractivity contribution in [2.24, 2.45) is 5.73 Å². The van der Waals surface area contributed by atoms with E-state index in [0.29, 0.717) is 32.4 Å². The van der Waals surface area contributed by atoms with Gasteiger partial charge in [0.2, 0.25) is 11.8 Å². The SMILES string of the molecule is COc1ccc(C(OC[C@@H]2C[C@@H](O)CN2C(=O)CCCSSCCNC(=O)CCCCCCC[CH+]CCCCCCCN)(c2ccccc2)c2ccc(OC)cc2)cc1. The van der Waals surface area contributed by atoms with Gasteiger partial charge < -0.3 is 35.3 Å². The number of nitrogens with zero attached hydrogens (tertiary/aromatic N) is 1. The van der Waals surface area contributed by atoms with Crippen LogP contribution in [0.4, 0.5) is 0 Å². The van der Waals surface area contributed by atoms with E-state index in [9.17, 15) is 14.7 Å². The lowest BCUT2D eigenvalue weighted by Crippen LogP contribution is -2.42. The molecule has 1 saturated heterocycles. The van der Waals surface area contributed by atoms with Crippen LogP contribution in [0.3, 0.4) is 0 Å². The van der Waals surface area contributed by atoms with Crippen molar-refractivity contribution in [3.8, 4) is 11.5 Å². The number of unbranched alkanes of at least 4 members (excludes halogenated alkanes) is 12. The monoisotopic (exact) mass is 848 g/mol. The zero-order valence-electron chi connectivity index (χ0n) is 35.6. The number of hydrogen-bond donors (Lipinski definition) is 3. The first-order valence-electron chi connectivity index (χ1n) is 21.9. The zero-order valence-corrected chi connectivity index (χ0v) is 37.3. The van der Waals surface area contributed by atoms with E-state index >= 15 is 0 Å². The highest BCUT2D eigenvalue weighted by Gasteiger charge is 2.41. The maximum Gasteiger partial charge on any atom is 0.223 e. The third-order valence-electron chi connectivity index (χ3n) is 11.0. The van der Waals surface area contributed by atoms with Crippen LogP contribution in [0.1, 0.15) is 119 Å². The van der Waals surface area contributed by atoms with Gasteiger partial charge in [-0.05, 0) is 98.9 Å². The van der Waals surface area contributed by atoms with E-state index in [-0.39, 0.29) is 24.5 Å². The number of aliphatic hydroxyl groups is 1. The van der Waals surface area contributed by atoms with Crippen LogP contribution in [-0.4, -0.2) is 85.9 Å². The van der Waals surface area contributed by atoms with E-state index in [1.165, 1.54) is 57.8 Å². The predicted molar refractivity (Wildman–Crippen MR) is 245 cm³/mol. The normalized spacial score (nSPS) is 15.3. The highest BCUT2D eigenvalue weighted by atomic mass is 33.1. The molecule has 4 rings (SSSR count). The molecular formula is C48H70N3O6S2+. The molecular weight excluding hydrogens is 779 g/mol. The van der Waals surface area contributed by atoms with E-state index < -0.39 is 11.7 Å². The number of β-amino-alcohol motifs (C(OH)–C–C–N with tert-alkyl or cyclic N) is 1. The summed E-state index contributed by atoms with van der Waals surface area (Å²) >= 11 is 0. The number of likely N-dealkylation sites (tertiary alicyclic amines) is 1. The van der Waals surface area contributed by atoms with Crippen LogP contribution in [0.2, 0.25) is 0 Å². The number of ether oxygens (including phenoxy) is 3. The van der Waals surface area contributed by atoms with E-state index in [4.69, 9.17) is 19.9 Å². The van der Waals surface area contributed by atoms with Crippen molar-refractivity contribution in [2.75, 3.05) is 52.0 Å². The van der Waals surface area contributed by atoms with Gasteiger partial charge in [0.25, 0.3) is 0 Å². The minimum absolute atomic E-state index is 0.0332. The number of hydrogen-bond acceptors (Lipinski definition) is 9. The van der Waals surface area contributed by atoms with Crippen LogP contribution >= 0.6 is 21.6 Å². The molecule has 4 N–H and O–H groups in total. The molecule has 324 valence electrons. The molecule has 11 heteroatoms. The number of nitrogens with one attached hydrogen (secondary N) is 1. The maximum absolute atomic E-state index is 13.6. The molecule has 0 radical (unpaired) electrons. The molecule has 0 saturated carbocycles. The van der Waals surface area contributed by atoms with Crippen molar-refractivity contribution in [3.63, 3.8) is 0 Å². The number of rotatable bonds is 31. The van der Waals surface area contributed by atoms with E-state index in [0.717, 1.165) is 71.9 Å². The number of amides is 2. The van der Waals surface area contributed by atoms with Gasteiger partial charge >= 0.3 is 0 Å². The summed E-state index contributed by atoms with van der Waals surface area (Å²) < 4.78 is 18.0. The minimum atomic E-state index is -1.00. The Labute approximate surface area is 362 Å². The third-order valence-corrected chi connectivity index (χ3v) is 13.5. The summed E-state index contributed by atoms with van der Waals surface area (Å²) in [5.74, 6) is 3.32. The molecule has 0 aromatic heterocycles. The number of carbonyl (C=O) groups excluding carboxylic acids is 2. The van der Waals surface area contributed by atoms with Crippen LogP contribution in [0.15, 0.2) is 78.9 Å². The number of methoxy groups -OCH3 is 2. The fourth-order valence-electron chi connectivity index (χ4n) is 7.73. The lowest BCUT2D eigenvalue weighted by atomic mass is 9.80. The Balaban J connectivity index is 1.15. The molecule has 2 amide bonds. The Morgan fingerprint density at radius 2 is 1.31 bits per heavy atom. The van der Waals surface area contributed by atoms with Crippen LogP contribution in [0, 0.1) is 6.42 Å². The van der Waals surface area contributed by atoms with E-state index in [1.54, 1.807) is 35.8 Å². The molecule has 59 heavy (non-hydrogen) atoms. The van der Waals surface area contributed by atoms with Gasteiger partial charge in [0.15, 0.2) is 0 Å². The molecule has 1 heterocycles. The fourth-order valence-corrected chi connectivity index (χ4v) is 9.72. The molecule has 1 aliphatic heterocycles. The lowest BCUT2D eigenvalue weighted by molar-refractivity contribution is -0.134. The topological polar surface area (TPSA) is 123 Å². The molecule has 2 atom stereocenters. The highest BCUT2D eigenvalue weighted by Crippen LogP contribution is 2.42. The van der Waals surface area contributed by atoms with Crippen molar-refractivity contribution < 1.29 is 28.9 Å². The molecule has 3 aromatic carbocycles. The second-order valence-corrected chi connectivity index (χ2v) is 18.1. The van der Waals surface area contributed by atoms with Gasteiger partial charge in [0.05, 0.1) is 52.2 Å². The summed E-state index contributed by atoms with van der Waals surface area (Å²) in [6, 6.07) is 25.6. The van der Waals surface area contributed by atoms with Gasteiger partial charge in [0, 0.05) is 37.4 Å². The predicted octanol–water partition coefficient (Wildman–Crippen LogP) is 9.49. The average molecular weight is 849 g/mol. The van der Waals surface area contributed by atoms with Gasteiger partial charge in [-0.25, -0.2) is 0 Å². The molecule has 9 nitrogen and oxygen atoms in total. The number of benzene rings is 3. The quantitative estimate of drug-likeness (QED) is 0.0252. The molecule has 1 aliphatic rings. The first-order valence-corrected chi connectivity index (χ1v) is 24.4. The summed E-state index contributed by atoms with van der Waals surface area (Å²) in [6.45, 7) is 2.01. The van der Waals surface area contributed by atoms with Gasteiger partial charge in [-0.2, -0.15) is 0 Å². The van der Waals surface area contributed by atoms with Gasteiger partial charge in [0.1, 0.15) is 17.1 Å². The van der Waals surface area contributed by atoms with Crippen LogP contribution in [-0.2, 0) is 19.9 Å². The summed E-state index contributed by atoms with van der Waals surface area (Å²) in [6.07, 6.45) is 18.6. The van der Waals surface area contributed by atoms with Gasteiger partial charge in [-0.1, -0.05) is 102 Å². The zero-order chi connectivity index (χ0) is 42.0. The second-order valence-electron chi connectivity index (χ2n) is 15.4. The van der Waals surface area contributed by atoms with Crippen LogP contribution < -0.4 is 20.5 Å². The molecule has 0 spiro atoms. The molecule has 0 aliphatic carbocycles.